The number of fused-ring (bicyclic) bond motifs is 1. The van der Waals surface area contributed by atoms with Crippen molar-refractivity contribution in [2.75, 3.05) is 0 Å². The molecule has 22 heavy (non-hydrogen) atoms. The molecule has 0 radical (unpaired) electrons. The van der Waals surface area contributed by atoms with Gasteiger partial charge in [-0.05, 0) is 67.6 Å². The summed E-state index contributed by atoms with van der Waals surface area (Å²) in [6.45, 7) is 2.23. The Balaban J connectivity index is 1.78. The van der Waals surface area contributed by atoms with Crippen molar-refractivity contribution >= 4 is 6.08 Å². The molecule has 0 N–H and O–H groups in total. The molecule has 2 aliphatic rings. The monoisotopic (exact) mass is 308 g/mol. The maximum atomic E-state index is 13.8. The molecule has 3 heteroatoms. The van der Waals surface area contributed by atoms with Crippen molar-refractivity contribution in [1.29, 1.82) is 0 Å². The second kappa shape index (κ2) is 6.47. The SMILES string of the molecule is CCCC1CCC(C2=Cc3cc(F)c(F)c(F)c3CC2)CC1. The van der Waals surface area contributed by atoms with E-state index in [4.69, 9.17) is 0 Å². The third-order valence-corrected chi connectivity index (χ3v) is 5.37. The minimum atomic E-state index is -1.34. The second-order valence-electron chi connectivity index (χ2n) is 6.78. The normalized spacial score (nSPS) is 24.8. The van der Waals surface area contributed by atoms with Crippen molar-refractivity contribution in [1.82, 2.24) is 0 Å². The average Bonchev–Trinajstić information content (AvgIpc) is 2.53. The van der Waals surface area contributed by atoms with Crippen LogP contribution in [0.2, 0.25) is 0 Å². The van der Waals surface area contributed by atoms with E-state index in [2.05, 4.69) is 6.92 Å². The smallest absolute Gasteiger partial charge is 0.194 e. The van der Waals surface area contributed by atoms with Crippen molar-refractivity contribution in [3.8, 4) is 0 Å². The minimum absolute atomic E-state index is 0.335. The molecular formula is C19H23F3. The molecule has 0 saturated heterocycles. The van der Waals surface area contributed by atoms with E-state index in [9.17, 15) is 13.2 Å². The van der Waals surface area contributed by atoms with E-state index in [0.29, 0.717) is 23.5 Å². The summed E-state index contributed by atoms with van der Waals surface area (Å²) >= 11 is 0. The summed E-state index contributed by atoms with van der Waals surface area (Å²) in [5.41, 5.74) is 2.17. The van der Waals surface area contributed by atoms with E-state index in [-0.39, 0.29) is 0 Å². The number of rotatable bonds is 3. The van der Waals surface area contributed by atoms with Crippen LogP contribution in [-0.2, 0) is 6.42 Å². The summed E-state index contributed by atoms with van der Waals surface area (Å²) in [6, 6.07) is 1.15. The number of benzene rings is 1. The van der Waals surface area contributed by atoms with Gasteiger partial charge in [0.25, 0.3) is 0 Å². The van der Waals surface area contributed by atoms with E-state index in [1.54, 1.807) is 0 Å². The second-order valence-corrected chi connectivity index (χ2v) is 6.78. The zero-order valence-electron chi connectivity index (χ0n) is 13.1. The summed E-state index contributed by atoms with van der Waals surface area (Å²) in [5.74, 6) is -2.04. The number of hydrogen-bond acceptors (Lipinski definition) is 0. The highest BCUT2D eigenvalue weighted by atomic mass is 19.2. The Labute approximate surface area is 130 Å². The third kappa shape index (κ3) is 2.95. The van der Waals surface area contributed by atoms with E-state index in [0.717, 1.165) is 18.4 Å². The van der Waals surface area contributed by atoms with E-state index >= 15 is 0 Å². The number of halogens is 3. The van der Waals surface area contributed by atoms with Gasteiger partial charge in [-0.2, -0.15) is 0 Å². The molecule has 1 aromatic carbocycles. The highest BCUT2D eigenvalue weighted by Crippen LogP contribution is 2.40. The molecule has 1 saturated carbocycles. The largest absolute Gasteiger partial charge is 0.204 e. The zero-order chi connectivity index (χ0) is 15.7. The molecule has 0 spiro atoms. The lowest BCUT2D eigenvalue weighted by atomic mass is 9.74. The van der Waals surface area contributed by atoms with Gasteiger partial charge >= 0.3 is 0 Å². The molecule has 0 heterocycles. The first kappa shape index (κ1) is 15.6. The molecule has 0 bridgehead atoms. The molecular weight excluding hydrogens is 285 g/mol. The summed E-state index contributed by atoms with van der Waals surface area (Å²) in [5, 5.41) is 0. The van der Waals surface area contributed by atoms with E-state index in [1.165, 1.54) is 44.1 Å². The van der Waals surface area contributed by atoms with E-state index in [1.807, 2.05) is 6.08 Å². The lowest BCUT2D eigenvalue weighted by Gasteiger charge is -2.31. The van der Waals surface area contributed by atoms with Crippen molar-refractivity contribution in [3.63, 3.8) is 0 Å². The van der Waals surface area contributed by atoms with Crippen molar-refractivity contribution in [2.24, 2.45) is 11.8 Å². The first-order valence-corrected chi connectivity index (χ1v) is 8.47. The summed E-state index contributed by atoms with van der Waals surface area (Å²) in [7, 11) is 0. The molecule has 0 nitrogen and oxygen atoms in total. The molecule has 0 unspecified atom stereocenters. The van der Waals surface area contributed by atoms with Gasteiger partial charge < -0.3 is 0 Å². The Hall–Kier alpha value is -1.25. The third-order valence-electron chi connectivity index (χ3n) is 5.37. The first-order valence-electron chi connectivity index (χ1n) is 8.47. The Morgan fingerprint density at radius 2 is 1.73 bits per heavy atom. The number of hydrogen-bond donors (Lipinski definition) is 0. The van der Waals surface area contributed by atoms with Crippen molar-refractivity contribution < 1.29 is 13.2 Å². The fourth-order valence-electron chi connectivity index (χ4n) is 4.13. The fourth-order valence-corrected chi connectivity index (χ4v) is 4.13. The summed E-state index contributed by atoms with van der Waals surface area (Å²) < 4.78 is 40.5. The predicted octanol–water partition coefficient (Wildman–Crippen LogP) is 6.04. The van der Waals surface area contributed by atoms with Gasteiger partial charge in [-0.25, -0.2) is 13.2 Å². The van der Waals surface area contributed by atoms with Gasteiger partial charge in [0, 0.05) is 0 Å². The lowest BCUT2D eigenvalue weighted by molar-refractivity contribution is 0.283. The molecule has 3 rings (SSSR count). The average molecular weight is 308 g/mol. The van der Waals surface area contributed by atoms with Crippen molar-refractivity contribution in [3.05, 3.63) is 40.2 Å². The Kier molecular flexibility index (Phi) is 4.60. The molecule has 0 aromatic heterocycles. The molecule has 1 fully saturated rings. The van der Waals surface area contributed by atoms with Crippen LogP contribution in [0.3, 0.4) is 0 Å². The van der Waals surface area contributed by atoms with Crippen LogP contribution in [0, 0.1) is 29.3 Å². The molecule has 0 atom stereocenters. The zero-order valence-corrected chi connectivity index (χ0v) is 13.1. The Morgan fingerprint density at radius 1 is 1.00 bits per heavy atom. The van der Waals surface area contributed by atoms with Gasteiger partial charge in [0.2, 0.25) is 0 Å². The lowest BCUT2D eigenvalue weighted by Crippen LogP contribution is -2.18. The highest BCUT2D eigenvalue weighted by molar-refractivity contribution is 5.60. The topological polar surface area (TPSA) is 0 Å². The van der Waals surface area contributed by atoms with Crippen molar-refractivity contribution in [2.45, 2.75) is 58.3 Å². The summed E-state index contributed by atoms with van der Waals surface area (Å²) in [6.07, 6.45) is 10.6. The van der Waals surface area contributed by atoms with Crippen LogP contribution in [0.1, 0.15) is 63.0 Å². The van der Waals surface area contributed by atoms with Crippen LogP contribution in [0.15, 0.2) is 11.6 Å². The van der Waals surface area contributed by atoms with Gasteiger partial charge in [0.1, 0.15) is 0 Å². The Morgan fingerprint density at radius 3 is 2.41 bits per heavy atom. The van der Waals surface area contributed by atoms with Gasteiger partial charge in [-0.15, -0.1) is 0 Å². The molecule has 2 aliphatic carbocycles. The van der Waals surface area contributed by atoms with Crippen LogP contribution in [0.25, 0.3) is 6.08 Å². The molecule has 120 valence electrons. The molecule has 1 aromatic rings. The van der Waals surface area contributed by atoms with Gasteiger partial charge in [-0.3, -0.25) is 0 Å². The Bertz CT molecular complexity index is 581. The predicted molar refractivity (Wildman–Crippen MR) is 83.0 cm³/mol. The standard InChI is InChI=1S/C19H23F3/c1-2-3-12-4-6-13(7-5-12)14-8-9-16-15(10-14)11-17(20)19(22)18(16)21/h10-13H,2-9H2,1H3. The van der Waals surface area contributed by atoms with Crippen LogP contribution in [0.4, 0.5) is 13.2 Å². The maximum absolute atomic E-state index is 13.8. The van der Waals surface area contributed by atoms with Gasteiger partial charge in [0.15, 0.2) is 17.5 Å². The fraction of sp³-hybridized carbons (Fsp3) is 0.579. The van der Waals surface area contributed by atoms with Gasteiger partial charge in [-0.1, -0.05) is 31.4 Å². The van der Waals surface area contributed by atoms with Crippen LogP contribution < -0.4 is 0 Å². The van der Waals surface area contributed by atoms with Crippen LogP contribution in [0.5, 0.6) is 0 Å². The number of allylic oxidation sites excluding steroid dienone is 1. The quantitative estimate of drug-likeness (QED) is 0.597. The van der Waals surface area contributed by atoms with E-state index < -0.39 is 17.5 Å². The van der Waals surface area contributed by atoms with Gasteiger partial charge in [0.05, 0.1) is 0 Å². The first-order chi connectivity index (χ1) is 10.6. The maximum Gasteiger partial charge on any atom is 0.194 e. The van der Waals surface area contributed by atoms with Crippen LogP contribution in [-0.4, -0.2) is 0 Å². The summed E-state index contributed by atoms with van der Waals surface area (Å²) in [4.78, 5) is 0. The highest BCUT2D eigenvalue weighted by Gasteiger charge is 2.27. The van der Waals surface area contributed by atoms with Crippen LogP contribution >= 0.6 is 0 Å². The minimum Gasteiger partial charge on any atom is -0.204 e. The molecule has 0 aliphatic heterocycles. The molecule has 0 amide bonds.